The summed E-state index contributed by atoms with van der Waals surface area (Å²) in [6, 6.07) is 16.0. The van der Waals surface area contributed by atoms with Gasteiger partial charge in [0.2, 0.25) is 5.91 Å². The quantitative estimate of drug-likeness (QED) is 0.783. The van der Waals surface area contributed by atoms with E-state index in [0.29, 0.717) is 18.0 Å². The number of sulfonamides is 1. The highest BCUT2D eigenvalue weighted by atomic mass is 32.2. The van der Waals surface area contributed by atoms with Gasteiger partial charge in [-0.1, -0.05) is 56.3 Å². The molecule has 2 N–H and O–H groups in total. The molecule has 2 aromatic carbocycles. The van der Waals surface area contributed by atoms with Crippen molar-refractivity contribution < 1.29 is 13.2 Å². The van der Waals surface area contributed by atoms with Crippen LogP contribution in [0.25, 0.3) is 0 Å². The van der Waals surface area contributed by atoms with Gasteiger partial charge < -0.3 is 5.32 Å². The van der Waals surface area contributed by atoms with Gasteiger partial charge in [-0.05, 0) is 30.5 Å². The normalized spacial score (nSPS) is 18.4. The Labute approximate surface area is 166 Å². The number of nitrogens with zero attached hydrogens (tertiary/aromatic N) is 1. The van der Waals surface area contributed by atoms with E-state index in [1.165, 1.54) is 11.6 Å². The minimum atomic E-state index is -3.61. The number of nitrogens with one attached hydrogen (secondary N) is 2. The van der Waals surface area contributed by atoms with E-state index in [-0.39, 0.29) is 22.6 Å². The smallest absolute Gasteiger partial charge is 0.263 e. The van der Waals surface area contributed by atoms with E-state index >= 15 is 0 Å². The number of rotatable bonds is 6. The van der Waals surface area contributed by atoms with Crippen LogP contribution in [0.4, 0.5) is 0 Å². The lowest BCUT2D eigenvalue weighted by Crippen LogP contribution is -2.37. The fourth-order valence-corrected chi connectivity index (χ4v) is 4.52. The summed E-state index contributed by atoms with van der Waals surface area (Å²) in [6.07, 6.45) is 0. The van der Waals surface area contributed by atoms with Crippen LogP contribution < -0.4 is 10.0 Å². The molecule has 1 amide bonds. The molecule has 7 heteroatoms. The van der Waals surface area contributed by atoms with Gasteiger partial charge in [0, 0.05) is 18.0 Å². The van der Waals surface area contributed by atoms with E-state index in [2.05, 4.69) is 41.0 Å². The molecule has 1 heterocycles. The van der Waals surface area contributed by atoms with Gasteiger partial charge in [0.1, 0.15) is 11.9 Å². The zero-order chi connectivity index (χ0) is 20.3. The van der Waals surface area contributed by atoms with Crippen LogP contribution in [0.3, 0.4) is 0 Å². The summed E-state index contributed by atoms with van der Waals surface area (Å²) in [7, 11) is -3.61. The molecule has 148 valence electrons. The Kier molecular flexibility index (Phi) is 5.84. The first-order valence-electron chi connectivity index (χ1n) is 9.32. The van der Waals surface area contributed by atoms with E-state index in [1.54, 1.807) is 25.1 Å². The van der Waals surface area contributed by atoms with Gasteiger partial charge in [0.15, 0.2) is 0 Å². The van der Waals surface area contributed by atoms with E-state index < -0.39 is 16.1 Å². The van der Waals surface area contributed by atoms with Gasteiger partial charge in [-0.15, -0.1) is 0 Å². The van der Waals surface area contributed by atoms with Crippen molar-refractivity contribution in [3.63, 3.8) is 0 Å². The minimum absolute atomic E-state index is 0.185. The number of carbonyl (C=O) groups is 1. The van der Waals surface area contributed by atoms with Crippen molar-refractivity contribution in [3.8, 4) is 0 Å². The maximum atomic E-state index is 12.6. The van der Waals surface area contributed by atoms with Crippen molar-refractivity contribution in [3.05, 3.63) is 65.7 Å². The molecule has 0 bridgehead atoms. The Morgan fingerprint density at radius 3 is 2.36 bits per heavy atom. The van der Waals surface area contributed by atoms with Crippen LogP contribution in [0.5, 0.6) is 0 Å². The zero-order valence-corrected chi connectivity index (χ0v) is 17.0. The van der Waals surface area contributed by atoms with Crippen LogP contribution in [-0.4, -0.2) is 32.7 Å². The average molecular weight is 400 g/mol. The molecule has 1 aliphatic heterocycles. The van der Waals surface area contributed by atoms with Crippen LogP contribution in [-0.2, 0) is 14.8 Å². The summed E-state index contributed by atoms with van der Waals surface area (Å²) in [6.45, 7) is 6.40. The minimum Gasteiger partial charge on any atom is -0.354 e. The molecule has 3 rings (SSSR count). The van der Waals surface area contributed by atoms with Crippen LogP contribution >= 0.6 is 0 Å². The van der Waals surface area contributed by atoms with E-state index in [1.807, 2.05) is 18.2 Å². The van der Waals surface area contributed by atoms with Crippen LogP contribution in [0.2, 0.25) is 0 Å². The molecule has 6 nitrogen and oxygen atoms in total. The lowest BCUT2D eigenvalue weighted by Gasteiger charge is -2.22. The zero-order valence-electron chi connectivity index (χ0n) is 16.2. The van der Waals surface area contributed by atoms with E-state index in [0.717, 1.165) is 0 Å². The SMILES string of the molecule is CC(C)C(CNC(=O)[C@H](C)N=C1NS(=O)(=O)c2ccccc21)c1ccccc1. The molecular formula is C21H25N3O3S. The van der Waals surface area contributed by atoms with Crippen molar-refractivity contribution in [1.29, 1.82) is 0 Å². The first-order valence-corrected chi connectivity index (χ1v) is 10.8. The molecule has 0 saturated heterocycles. The van der Waals surface area contributed by atoms with Crippen molar-refractivity contribution in [2.75, 3.05) is 6.54 Å². The molecule has 0 fully saturated rings. The summed E-state index contributed by atoms with van der Waals surface area (Å²) in [5, 5.41) is 2.96. The summed E-state index contributed by atoms with van der Waals surface area (Å²) in [5.74, 6) is 0.521. The fourth-order valence-electron chi connectivity index (χ4n) is 3.28. The fraction of sp³-hybridized carbons (Fsp3) is 0.333. The summed E-state index contributed by atoms with van der Waals surface area (Å²) < 4.78 is 26.8. The molecule has 28 heavy (non-hydrogen) atoms. The number of benzene rings is 2. The number of amidine groups is 1. The summed E-state index contributed by atoms with van der Waals surface area (Å²) >= 11 is 0. The van der Waals surface area contributed by atoms with Crippen LogP contribution in [0.15, 0.2) is 64.5 Å². The Hall–Kier alpha value is -2.67. The van der Waals surface area contributed by atoms with Crippen molar-refractivity contribution in [2.24, 2.45) is 10.9 Å². The average Bonchev–Trinajstić information content (AvgIpc) is 2.93. The first kappa shape index (κ1) is 20.1. The highest BCUT2D eigenvalue weighted by Gasteiger charge is 2.31. The maximum Gasteiger partial charge on any atom is 0.263 e. The number of carbonyl (C=O) groups excluding carboxylic acids is 1. The summed E-state index contributed by atoms with van der Waals surface area (Å²) in [5.41, 5.74) is 1.67. The molecular weight excluding hydrogens is 374 g/mol. The molecule has 2 atom stereocenters. The molecule has 1 unspecified atom stereocenters. The van der Waals surface area contributed by atoms with Crippen LogP contribution in [0.1, 0.15) is 37.8 Å². The molecule has 1 aliphatic rings. The predicted octanol–water partition coefficient (Wildman–Crippen LogP) is 2.67. The topological polar surface area (TPSA) is 87.6 Å². The summed E-state index contributed by atoms with van der Waals surface area (Å²) in [4.78, 5) is 17.1. The molecule has 0 spiro atoms. The third kappa shape index (κ3) is 4.25. The Balaban J connectivity index is 1.71. The highest BCUT2D eigenvalue weighted by Crippen LogP contribution is 2.24. The number of amides is 1. The lowest BCUT2D eigenvalue weighted by molar-refractivity contribution is -0.122. The Bertz CT molecular complexity index is 985. The van der Waals surface area contributed by atoms with Crippen molar-refractivity contribution >= 4 is 21.8 Å². The maximum absolute atomic E-state index is 12.6. The van der Waals surface area contributed by atoms with Crippen molar-refractivity contribution in [2.45, 2.75) is 37.6 Å². The third-order valence-electron chi connectivity index (χ3n) is 4.89. The molecule has 0 saturated carbocycles. The number of aliphatic imine (C=N–C) groups is 1. The monoisotopic (exact) mass is 399 g/mol. The van der Waals surface area contributed by atoms with E-state index in [4.69, 9.17) is 0 Å². The highest BCUT2D eigenvalue weighted by molar-refractivity contribution is 7.90. The molecule has 0 aliphatic carbocycles. The van der Waals surface area contributed by atoms with E-state index in [9.17, 15) is 13.2 Å². The predicted molar refractivity (Wildman–Crippen MR) is 110 cm³/mol. The Morgan fingerprint density at radius 2 is 1.68 bits per heavy atom. The van der Waals surface area contributed by atoms with Gasteiger partial charge in [0.05, 0.1) is 4.90 Å². The third-order valence-corrected chi connectivity index (χ3v) is 6.29. The van der Waals surface area contributed by atoms with Gasteiger partial charge in [-0.3, -0.25) is 14.5 Å². The lowest BCUT2D eigenvalue weighted by atomic mass is 9.88. The Morgan fingerprint density at radius 1 is 1.04 bits per heavy atom. The molecule has 0 aromatic heterocycles. The molecule has 2 aromatic rings. The molecule has 0 radical (unpaired) electrons. The van der Waals surface area contributed by atoms with Crippen molar-refractivity contribution in [1.82, 2.24) is 10.0 Å². The number of hydrogen-bond acceptors (Lipinski definition) is 4. The van der Waals surface area contributed by atoms with Crippen LogP contribution in [0, 0.1) is 5.92 Å². The largest absolute Gasteiger partial charge is 0.354 e. The second-order valence-electron chi connectivity index (χ2n) is 7.26. The number of hydrogen-bond donors (Lipinski definition) is 2. The first-order chi connectivity index (χ1) is 13.3. The van der Waals surface area contributed by atoms with Gasteiger partial charge in [-0.25, -0.2) is 8.42 Å². The van der Waals surface area contributed by atoms with Gasteiger partial charge >= 0.3 is 0 Å². The second-order valence-corrected chi connectivity index (χ2v) is 8.91. The number of fused-ring (bicyclic) bond motifs is 1. The van der Waals surface area contributed by atoms with Gasteiger partial charge in [0.25, 0.3) is 10.0 Å². The van der Waals surface area contributed by atoms with Gasteiger partial charge in [-0.2, -0.15) is 0 Å². The standard InChI is InChI=1S/C21H25N3O3S/c1-14(2)18(16-9-5-4-6-10-16)13-22-21(25)15(3)23-20-17-11-7-8-12-19(17)28(26,27)24-20/h4-12,14-15,18H,13H2,1-3H3,(H,22,25)(H,23,24)/t15-,18?/m0/s1. The second kappa shape index (κ2) is 8.14.